The number of carbonyl (C=O) groups excluding carboxylic acids is 1. The number of urea groups is 1. The average Bonchev–Trinajstić information content (AvgIpc) is 3.41. The van der Waals surface area contributed by atoms with Gasteiger partial charge in [-0.3, -0.25) is 5.32 Å². The van der Waals surface area contributed by atoms with Gasteiger partial charge in [-0.15, -0.1) is 18.3 Å². The van der Waals surface area contributed by atoms with Gasteiger partial charge in [-0.25, -0.2) is 14.5 Å². The molecule has 0 fully saturated rings. The summed E-state index contributed by atoms with van der Waals surface area (Å²) in [5.74, 6) is 0.177. The molecule has 208 valence electrons. The van der Waals surface area contributed by atoms with Crippen molar-refractivity contribution in [3.05, 3.63) is 95.3 Å². The quantitative estimate of drug-likeness (QED) is 0.183. The van der Waals surface area contributed by atoms with Crippen molar-refractivity contribution in [1.29, 1.82) is 0 Å². The Kier molecular flexibility index (Phi) is 9.15. The number of ether oxygens (including phenoxy) is 1. The first-order valence-corrected chi connectivity index (χ1v) is 13.1. The van der Waals surface area contributed by atoms with Gasteiger partial charge in [0.05, 0.1) is 5.69 Å². The maximum atomic E-state index is 12.4. The van der Waals surface area contributed by atoms with Gasteiger partial charge >= 0.3 is 12.4 Å². The van der Waals surface area contributed by atoms with Crippen molar-refractivity contribution < 1.29 is 22.7 Å². The summed E-state index contributed by atoms with van der Waals surface area (Å²) in [5.41, 5.74) is 5.48. The zero-order valence-electron chi connectivity index (χ0n) is 22.0. The lowest BCUT2D eigenvalue weighted by Gasteiger charge is -2.14. The summed E-state index contributed by atoms with van der Waals surface area (Å²) in [5, 5.41) is 10.1. The molecular formula is C29H28F3N5O2S. The minimum absolute atomic E-state index is 0.306. The van der Waals surface area contributed by atoms with Crippen LogP contribution >= 0.6 is 12.2 Å². The lowest BCUT2D eigenvalue weighted by molar-refractivity contribution is -0.274. The van der Waals surface area contributed by atoms with Crippen LogP contribution in [0.1, 0.15) is 35.6 Å². The molecule has 3 aromatic carbocycles. The van der Waals surface area contributed by atoms with Crippen molar-refractivity contribution in [2.45, 2.75) is 39.5 Å². The molecule has 0 aliphatic carbocycles. The van der Waals surface area contributed by atoms with E-state index >= 15 is 0 Å². The number of amides is 2. The predicted molar refractivity (Wildman–Crippen MR) is 151 cm³/mol. The van der Waals surface area contributed by atoms with E-state index < -0.39 is 6.36 Å². The van der Waals surface area contributed by atoms with E-state index in [1.807, 2.05) is 49.4 Å². The number of aryl methyl sites for hydroxylation is 3. The molecule has 4 aromatic rings. The molecule has 4 rings (SSSR count). The zero-order chi connectivity index (χ0) is 28.7. The summed E-state index contributed by atoms with van der Waals surface area (Å²) in [6, 6.07) is 18.8. The fourth-order valence-corrected chi connectivity index (χ4v) is 4.58. The van der Waals surface area contributed by atoms with Crippen LogP contribution in [-0.4, -0.2) is 38.7 Å². The van der Waals surface area contributed by atoms with Crippen LogP contribution in [0.2, 0.25) is 0 Å². The predicted octanol–water partition coefficient (Wildman–Crippen LogP) is 6.31. The topological polar surface area (TPSA) is 81.1 Å². The maximum Gasteiger partial charge on any atom is 0.573 e. The number of alkyl halides is 3. The Balaban J connectivity index is 1.25. The van der Waals surface area contributed by atoms with Gasteiger partial charge in [0.1, 0.15) is 17.1 Å². The van der Waals surface area contributed by atoms with Crippen LogP contribution in [0.15, 0.2) is 73.1 Å². The fraction of sp³-hybridized carbons (Fsp3) is 0.241. The first-order valence-electron chi connectivity index (χ1n) is 12.7. The van der Waals surface area contributed by atoms with Gasteiger partial charge in [0.2, 0.25) is 0 Å². The Labute approximate surface area is 235 Å². The first kappa shape index (κ1) is 28.8. The number of carbonyl (C=O) groups is 1. The number of thiocarbonyl (C=S) groups is 1. The van der Waals surface area contributed by atoms with Gasteiger partial charge in [-0.2, -0.15) is 0 Å². The van der Waals surface area contributed by atoms with E-state index in [1.54, 1.807) is 0 Å². The van der Waals surface area contributed by atoms with Crippen molar-refractivity contribution in [2.75, 3.05) is 6.54 Å². The van der Waals surface area contributed by atoms with Crippen molar-refractivity contribution in [2.24, 2.45) is 0 Å². The molecule has 0 bridgehead atoms. The normalized spacial score (nSPS) is 11.2. The molecule has 1 aromatic heterocycles. The van der Waals surface area contributed by atoms with Crippen molar-refractivity contribution in [1.82, 2.24) is 25.4 Å². The van der Waals surface area contributed by atoms with E-state index in [4.69, 9.17) is 12.2 Å². The Bertz CT molecular complexity index is 1470. The second-order valence-corrected chi connectivity index (χ2v) is 9.44. The van der Waals surface area contributed by atoms with Gasteiger partial charge in [0, 0.05) is 17.7 Å². The number of nitrogens with zero attached hydrogens (tertiary/aromatic N) is 3. The van der Waals surface area contributed by atoms with Crippen molar-refractivity contribution in [3.8, 4) is 22.8 Å². The second kappa shape index (κ2) is 12.7. The van der Waals surface area contributed by atoms with Crippen LogP contribution in [0, 0.1) is 6.92 Å². The smallest absolute Gasteiger partial charge is 0.406 e. The Morgan fingerprint density at radius 3 is 2.45 bits per heavy atom. The standard InChI is InChI=1S/C29H28F3N5O2S/c1-3-21-8-4-6-19(2)25(21)27(40)35-28(38)33-17-5-7-20-9-11-22(12-10-20)26-34-18-37(36-26)23-13-15-24(16-14-23)39-29(30,31)32/h4,6,8-16,18H,3,5,7,17H2,1-2H3,(H2,33,35,38,40). The van der Waals surface area contributed by atoms with Crippen molar-refractivity contribution >= 4 is 23.2 Å². The second-order valence-electron chi connectivity index (χ2n) is 9.03. The molecule has 2 amide bonds. The highest BCUT2D eigenvalue weighted by Gasteiger charge is 2.31. The highest BCUT2D eigenvalue weighted by atomic mass is 32.1. The summed E-state index contributed by atoms with van der Waals surface area (Å²) in [7, 11) is 0. The number of halogens is 3. The average molecular weight is 568 g/mol. The zero-order valence-corrected chi connectivity index (χ0v) is 22.8. The molecule has 40 heavy (non-hydrogen) atoms. The largest absolute Gasteiger partial charge is 0.573 e. The number of nitrogens with one attached hydrogen (secondary N) is 2. The van der Waals surface area contributed by atoms with Crippen LogP contribution < -0.4 is 15.4 Å². The Hall–Kier alpha value is -4.25. The summed E-state index contributed by atoms with van der Waals surface area (Å²) in [4.78, 5) is 17.1. The van der Waals surface area contributed by atoms with Crippen LogP contribution in [0.3, 0.4) is 0 Å². The van der Waals surface area contributed by atoms with Gasteiger partial charge in [-0.05, 0) is 67.1 Å². The molecule has 0 aliphatic heterocycles. The first-order chi connectivity index (χ1) is 19.1. The number of benzene rings is 3. The van der Waals surface area contributed by atoms with E-state index in [9.17, 15) is 18.0 Å². The summed E-state index contributed by atoms with van der Waals surface area (Å²) in [6.07, 6.45) is -0.918. The molecule has 11 heteroatoms. The fourth-order valence-electron chi connectivity index (χ4n) is 4.19. The maximum absolute atomic E-state index is 12.4. The SMILES string of the molecule is CCc1cccc(C)c1C(=S)NC(=O)NCCCc1ccc(-c2ncn(-c3ccc(OC(F)(F)F)cc3)n2)cc1. The molecule has 0 atom stereocenters. The van der Waals surface area contributed by atoms with Crippen LogP contribution in [0.5, 0.6) is 5.75 Å². The van der Waals surface area contributed by atoms with Gasteiger partial charge in [-0.1, -0.05) is 61.6 Å². The molecule has 0 radical (unpaired) electrons. The molecule has 0 saturated heterocycles. The van der Waals surface area contributed by atoms with Crippen LogP contribution in [0.4, 0.5) is 18.0 Å². The summed E-state index contributed by atoms with van der Waals surface area (Å²) >= 11 is 5.47. The highest BCUT2D eigenvalue weighted by Crippen LogP contribution is 2.24. The minimum Gasteiger partial charge on any atom is -0.406 e. The monoisotopic (exact) mass is 567 g/mol. The van der Waals surface area contributed by atoms with Gasteiger partial charge in [0.25, 0.3) is 0 Å². The van der Waals surface area contributed by atoms with Gasteiger partial charge in [0.15, 0.2) is 5.82 Å². The van der Waals surface area contributed by atoms with E-state index in [-0.39, 0.29) is 11.8 Å². The number of aromatic nitrogens is 3. The molecule has 1 heterocycles. The molecular weight excluding hydrogens is 539 g/mol. The lowest BCUT2D eigenvalue weighted by atomic mass is 10.00. The summed E-state index contributed by atoms with van der Waals surface area (Å²) in [6.45, 7) is 4.52. The third kappa shape index (κ3) is 7.66. The highest BCUT2D eigenvalue weighted by molar-refractivity contribution is 7.80. The molecule has 0 unspecified atom stereocenters. The third-order valence-electron chi connectivity index (χ3n) is 6.16. The van der Waals surface area contributed by atoms with E-state index in [1.165, 1.54) is 35.3 Å². The summed E-state index contributed by atoms with van der Waals surface area (Å²) < 4.78 is 42.4. The van der Waals surface area contributed by atoms with E-state index in [0.717, 1.165) is 47.1 Å². The Morgan fingerprint density at radius 2 is 1.77 bits per heavy atom. The molecule has 2 N–H and O–H groups in total. The van der Waals surface area contributed by atoms with Crippen LogP contribution in [0.25, 0.3) is 17.1 Å². The molecule has 0 spiro atoms. The number of hydrogen-bond acceptors (Lipinski definition) is 5. The molecule has 7 nitrogen and oxygen atoms in total. The Morgan fingerprint density at radius 1 is 1.05 bits per heavy atom. The lowest BCUT2D eigenvalue weighted by Crippen LogP contribution is -2.40. The van der Waals surface area contributed by atoms with Gasteiger partial charge < -0.3 is 10.1 Å². The molecule has 0 saturated carbocycles. The van der Waals surface area contributed by atoms with Crippen molar-refractivity contribution in [3.63, 3.8) is 0 Å². The van der Waals surface area contributed by atoms with Crippen LogP contribution in [-0.2, 0) is 12.8 Å². The number of rotatable bonds is 9. The minimum atomic E-state index is -4.74. The third-order valence-corrected chi connectivity index (χ3v) is 6.47. The number of hydrogen-bond donors (Lipinski definition) is 2. The van der Waals surface area contributed by atoms with E-state index in [2.05, 4.69) is 32.4 Å². The van der Waals surface area contributed by atoms with E-state index in [0.29, 0.717) is 23.0 Å². The molecule has 0 aliphatic rings.